The van der Waals surface area contributed by atoms with Crippen molar-refractivity contribution in [1.29, 1.82) is 0 Å². The van der Waals surface area contributed by atoms with Crippen LogP contribution < -0.4 is 22.1 Å². The van der Waals surface area contributed by atoms with Crippen molar-refractivity contribution in [2.24, 2.45) is 11.5 Å². The van der Waals surface area contributed by atoms with Gasteiger partial charge in [0.15, 0.2) is 0 Å². The third kappa shape index (κ3) is 6.83. The zero-order valence-corrected chi connectivity index (χ0v) is 20.2. The molecule has 0 saturated carbocycles. The van der Waals surface area contributed by atoms with Crippen LogP contribution >= 0.6 is 0 Å². The van der Waals surface area contributed by atoms with Crippen molar-refractivity contribution < 1.29 is 34.2 Å². The van der Waals surface area contributed by atoms with Crippen molar-refractivity contribution >= 4 is 40.5 Å². The summed E-state index contributed by atoms with van der Waals surface area (Å²) in [5.41, 5.74) is 12.3. The molecule has 2 aromatic rings. The summed E-state index contributed by atoms with van der Waals surface area (Å²) in [6.45, 7) is -0.548. The molecule has 3 rings (SSSR count). The fourth-order valence-corrected chi connectivity index (χ4v) is 4.38. The fourth-order valence-electron chi connectivity index (χ4n) is 4.38. The number of nitrogens with two attached hydrogens (primary N) is 2. The molecule has 0 aliphatic carbocycles. The number of aromatic amines is 1. The number of carbonyl (C=O) groups is 5. The maximum absolute atomic E-state index is 13.1. The molecule has 1 aliphatic heterocycles. The first-order valence-electron chi connectivity index (χ1n) is 12.0. The number of aliphatic hydroxyl groups excluding tert-OH is 1. The molecule has 0 spiro atoms. The van der Waals surface area contributed by atoms with E-state index in [-0.39, 0.29) is 25.8 Å². The van der Waals surface area contributed by atoms with Gasteiger partial charge in [0.1, 0.15) is 18.1 Å². The molecule has 37 heavy (non-hydrogen) atoms. The zero-order chi connectivity index (χ0) is 27.1. The Morgan fingerprint density at radius 1 is 1.14 bits per heavy atom. The monoisotopic (exact) mass is 516 g/mol. The number of aliphatic hydroxyl groups is 1. The van der Waals surface area contributed by atoms with Gasteiger partial charge in [0.05, 0.1) is 12.6 Å². The number of carbonyl (C=O) groups excluding carboxylic acids is 4. The van der Waals surface area contributed by atoms with Crippen molar-refractivity contribution in [3.8, 4) is 0 Å². The quantitative estimate of drug-likeness (QED) is 0.173. The Hall–Kier alpha value is -3.97. The van der Waals surface area contributed by atoms with Crippen molar-refractivity contribution in [2.45, 2.75) is 56.3 Å². The highest BCUT2D eigenvalue weighted by molar-refractivity contribution is 5.95. The molecular weight excluding hydrogens is 484 g/mol. The van der Waals surface area contributed by atoms with Gasteiger partial charge in [0.25, 0.3) is 0 Å². The van der Waals surface area contributed by atoms with Gasteiger partial charge in [-0.25, -0.2) is 4.79 Å². The van der Waals surface area contributed by atoms with Crippen LogP contribution in [0.1, 0.15) is 31.2 Å². The van der Waals surface area contributed by atoms with Gasteiger partial charge >= 0.3 is 5.97 Å². The van der Waals surface area contributed by atoms with Gasteiger partial charge in [-0.05, 0) is 30.9 Å². The number of nitrogens with zero attached hydrogens (tertiary/aromatic N) is 1. The second kappa shape index (κ2) is 12.3. The molecule has 1 fully saturated rings. The number of H-pyrrole nitrogens is 1. The van der Waals surface area contributed by atoms with E-state index in [1.165, 1.54) is 4.90 Å². The molecule has 200 valence electrons. The van der Waals surface area contributed by atoms with Crippen LogP contribution in [0, 0.1) is 0 Å². The summed E-state index contributed by atoms with van der Waals surface area (Å²) in [6, 6.07) is 2.71. The molecule has 0 radical (unpaired) electrons. The average Bonchev–Trinajstić information content (AvgIpc) is 3.52. The first kappa shape index (κ1) is 27.6. The summed E-state index contributed by atoms with van der Waals surface area (Å²) in [7, 11) is 0. The molecule has 1 saturated heterocycles. The average molecular weight is 517 g/mol. The van der Waals surface area contributed by atoms with Gasteiger partial charge < -0.3 is 42.2 Å². The summed E-state index contributed by atoms with van der Waals surface area (Å²) in [5, 5.41) is 25.2. The van der Waals surface area contributed by atoms with E-state index in [2.05, 4.69) is 15.6 Å². The Bertz CT molecular complexity index is 1170. The van der Waals surface area contributed by atoms with Crippen LogP contribution in [0.2, 0.25) is 0 Å². The largest absolute Gasteiger partial charge is 0.480 e. The van der Waals surface area contributed by atoms with Gasteiger partial charge in [-0.2, -0.15) is 0 Å². The highest BCUT2D eigenvalue weighted by Gasteiger charge is 2.39. The number of aromatic nitrogens is 1. The minimum Gasteiger partial charge on any atom is -0.480 e. The molecule has 1 aliphatic rings. The smallest absolute Gasteiger partial charge is 0.326 e. The van der Waals surface area contributed by atoms with E-state index in [0.717, 1.165) is 16.5 Å². The first-order chi connectivity index (χ1) is 17.6. The normalized spacial score (nSPS) is 17.7. The number of hydrogen-bond acceptors (Lipinski definition) is 7. The SMILES string of the molecule is NC(=O)CCC(N)C(=O)NC(CO)C(=O)N1CCCC1C(=O)NC(Cc1c[nH]c2ccccc12)C(=O)O. The second-order valence-corrected chi connectivity index (χ2v) is 9.01. The number of para-hydroxylation sites is 1. The Kier molecular flexibility index (Phi) is 9.20. The molecule has 4 amide bonds. The predicted molar refractivity (Wildman–Crippen MR) is 132 cm³/mol. The standard InChI is InChI=1S/C24H32N6O7/c25-15(7-8-20(26)32)21(33)29-18(12-31)23(35)30-9-3-6-19(30)22(34)28-17(24(36)37)10-13-11-27-16-5-2-1-4-14(13)16/h1-2,4-5,11,15,17-19,27,31H,3,6-10,12,25H2,(H2,26,32)(H,28,34)(H,29,33)(H,36,37). The van der Waals surface area contributed by atoms with Crippen LogP contribution in [0.4, 0.5) is 0 Å². The summed E-state index contributed by atoms with van der Waals surface area (Å²) >= 11 is 0. The van der Waals surface area contributed by atoms with E-state index in [9.17, 15) is 34.2 Å². The van der Waals surface area contributed by atoms with E-state index >= 15 is 0 Å². The number of nitrogens with one attached hydrogen (secondary N) is 3. The number of likely N-dealkylation sites (tertiary alicyclic amines) is 1. The number of primary amides is 1. The second-order valence-electron chi connectivity index (χ2n) is 9.01. The number of hydrogen-bond donors (Lipinski definition) is 7. The number of amides is 4. The molecule has 4 atom stereocenters. The van der Waals surface area contributed by atoms with Gasteiger partial charge in [0, 0.05) is 36.5 Å². The topological polar surface area (TPSA) is 221 Å². The van der Waals surface area contributed by atoms with Crippen LogP contribution in [0.25, 0.3) is 10.9 Å². The summed E-state index contributed by atoms with van der Waals surface area (Å²) in [6.07, 6.45) is 2.35. The number of rotatable bonds is 12. The lowest BCUT2D eigenvalue weighted by Gasteiger charge is -2.29. The van der Waals surface area contributed by atoms with Crippen molar-refractivity contribution in [3.05, 3.63) is 36.0 Å². The van der Waals surface area contributed by atoms with Crippen LogP contribution in [-0.4, -0.2) is 87.0 Å². The van der Waals surface area contributed by atoms with Gasteiger partial charge in [0.2, 0.25) is 23.6 Å². The highest BCUT2D eigenvalue weighted by Crippen LogP contribution is 2.21. The summed E-state index contributed by atoms with van der Waals surface area (Å²) in [4.78, 5) is 65.6. The molecule has 2 heterocycles. The van der Waals surface area contributed by atoms with Crippen molar-refractivity contribution in [3.63, 3.8) is 0 Å². The minimum atomic E-state index is -1.36. The maximum Gasteiger partial charge on any atom is 0.326 e. The fraction of sp³-hybridized carbons (Fsp3) is 0.458. The van der Waals surface area contributed by atoms with E-state index in [4.69, 9.17) is 11.5 Å². The van der Waals surface area contributed by atoms with Gasteiger partial charge in [-0.15, -0.1) is 0 Å². The molecule has 1 aromatic heterocycles. The third-order valence-electron chi connectivity index (χ3n) is 6.39. The maximum atomic E-state index is 13.1. The first-order valence-corrected chi connectivity index (χ1v) is 12.0. The summed E-state index contributed by atoms with van der Waals surface area (Å²) in [5.74, 6) is -3.94. The minimum absolute atomic E-state index is 0.0320. The lowest BCUT2D eigenvalue weighted by Crippen LogP contribution is -2.58. The number of benzene rings is 1. The molecule has 13 heteroatoms. The zero-order valence-electron chi connectivity index (χ0n) is 20.2. The van der Waals surface area contributed by atoms with E-state index < -0.39 is 60.4 Å². The van der Waals surface area contributed by atoms with Crippen LogP contribution in [-0.2, 0) is 30.4 Å². The predicted octanol–water partition coefficient (Wildman–Crippen LogP) is -1.66. The molecule has 1 aromatic carbocycles. The molecular formula is C24H32N6O7. The molecule has 0 bridgehead atoms. The highest BCUT2D eigenvalue weighted by atomic mass is 16.4. The lowest BCUT2D eigenvalue weighted by atomic mass is 10.0. The van der Waals surface area contributed by atoms with Crippen LogP contribution in [0.3, 0.4) is 0 Å². The Morgan fingerprint density at radius 2 is 1.86 bits per heavy atom. The Morgan fingerprint density at radius 3 is 2.54 bits per heavy atom. The third-order valence-corrected chi connectivity index (χ3v) is 6.39. The molecule has 13 nitrogen and oxygen atoms in total. The van der Waals surface area contributed by atoms with Gasteiger partial charge in [-0.1, -0.05) is 18.2 Å². The Balaban J connectivity index is 1.65. The molecule has 4 unspecified atom stereocenters. The number of fused-ring (bicyclic) bond motifs is 1. The number of aliphatic carboxylic acids is 1. The number of carboxylic acids is 1. The van der Waals surface area contributed by atoms with E-state index in [1.54, 1.807) is 6.20 Å². The van der Waals surface area contributed by atoms with E-state index in [0.29, 0.717) is 12.8 Å². The lowest BCUT2D eigenvalue weighted by molar-refractivity contribution is -0.145. The summed E-state index contributed by atoms with van der Waals surface area (Å²) < 4.78 is 0. The van der Waals surface area contributed by atoms with Crippen LogP contribution in [0.5, 0.6) is 0 Å². The van der Waals surface area contributed by atoms with E-state index in [1.807, 2.05) is 24.3 Å². The molecule has 9 N–H and O–H groups in total. The Labute approximate surface area is 212 Å². The van der Waals surface area contributed by atoms with Gasteiger partial charge in [-0.3, -0.25) is 19.2 Å². The van der Waals surface area contributed by atoms with Crippen molar-refractivity contribution in [2.75, 3.05) is 13.2 Å². The van der Waals surface area contributed by atoms with Crippen LogP contribution in [0.15, 0.2) is 30.5 Å². The van der Waals surface area contributed by atoms with Crippen molar-refractivity contribution in [1.82, 2.24) is 20.5 Å². The number of carboxylic acid groups (broad SMARTS) is 1.